The van der Waals surface area contributed by atoms with Crippen LogP contribution < -0.4 is 0 Å². The molecular formula is C5H8Cl2O3. The summed E-state index contributed by atoms with van der Waals surface area (Å²) in [4.78, 5) is 0. The lowest BCUT2D eigenvalue weighted by atomic mass is 10.1. The quantitative estimate of drug-likeness (QED) is 0.521. The average Bonchev–Trinajstić information content (AvgIpc) is 1.93. The number of alkyl halides is 2. The lowest BCUT2D eigenvalue weighted by molar-refractivity contribution is -0.181. The van der Waals surface area contributed by atoms with E-state index in [-0.39, 0.29) is 6.61 Å². The molecule has 10 heavy (non-hydrogen) atoms. The van der Waals surface area contributed by atoms with E-state index in [4.69, 9.17) is 33.4 Å². The first kappa shape index (κ1) is 8.56. The maximum Gasteiger partial charge on any atom is 0.182 e. The maximum absolute atomic E-state index is 9.03. The molecule has 0 amide bonds. The molecular weight excluding hydrogens is 179 g/mol. The molecule has 0 spiro atoms. The zero-order chi connectivity index (χ0) is 7.72. The fraction of sp³-hybridized carbons (Fsp3) is 1.00. The number of hydrogen-bond acceptors (Lipinski definition) is 3. The monoisotopic (exact) mass is 186 g/mol. The van der Waals surface area contributed by atoms with Gasteiger partial charge in [0.1, 0.15) is 6.10 Å². The van der Waals surface area contributed by atoms with Crippen LogP contribution in [0.2, 0.25) is 0 Å². The van der Waals surface area contributed by atoms with E-state index in [1.54, 1.807) is 0 Å². The number of rotatable bonds is 0. The third kappa shape index (κ3) is 1.54. The van der Waals surface area contributed by atoms with Crippen molar-refractivity contribution in [3.63, 3.8) is 0 Å². The number of hydrogen-bond donors (Lipinski definition) is 2. The summed E-state index contributed by atoms with van der Waals surface area (Å²) in [5, 5.41) is 16.8. The summed E-state index contributed by atoms with van der Waals surface area (Å²) in [5.74, 6) is 0. The van der Waals surface area contributed by atoms with Gasteiger partial charge in [-0.1, -0.05) is 0 Å². The van der Waals surface area contributed by atoms with Gasteiger partial charge in [0.05, 0.1) is 17.4 Å². The third-order valence-corrected chi connectivity index (χ3v) is 2.48. The summed E-state index contributed by atoms with van der Waals surface area (Å²) < 4.78 is 4.66. The van der Waals surface area contributed by atoms with E-state index in [1.807, 2.05) is 0 Å². The number of aliphatic hydroxyl groups excluding tert-OH is 2. The van der Waals surface area contributed by atoms with Crippen LogP contribution in [0.25, 0.3) is 0 Å². The van der Waals surface area contributed by atoms with E-state index < -0.39 is 23.1 Å². The van der Waals surface area contributed by atoms with Crippen molar-refractivity contribution in [2.45, 2.75) is 23.1 Å². The van der Waals surface area contributed by atoms with Crippen LogP contribution in [0.3, 0.4) is 0 Å². The molecule has 0 aromatic heterocycles. The van der Waals surface area contributed by atoms with E-state index >= 15 is 0 Å². The molecule has 0 saturated carbocycles. The molecule has 0 bridgehead atoms. The van der Waals surface area contributed by atoms with Crippen molar-refractivity contribution in [1.29, 1.82) is 0 Å². The number of halogens is 2. The molecule has 4 atom stereocenters. The highest BCUT2D eigenvalue weighted by Gasteiger charge is 2.36. The molecule has 1 heterocycles. The molecule has 1 aliphatic rings. The minimum Gasteiger partial charge on any atom is -0.386 e. The first-order chi connectivity index (χ1) is 4.63. The molecule has 0 aliphatic carbocycles. The fourth-order valence-corrected chi connectivity index (χ4v) is 1.17. The second-order valence-electron chi connectivity index (χ2n) is 2.17. The molecule has 3 nitrogen and oxygen atoms in total. The van der Waals surface area contributed by atoms with Crippen molar-refractivity contribution in [2.24, 2.45) is 0 Å². The summed E-state index contributed by atoms with van der Waals surface area (Å²) in [6.07, 6.45) is -2.28. The average molecular weight is 187 g/mol. The Balaban J connectivity index is 2.52. The Morgan fingerprint density at radius 1 is 1.30 bits per heavy atom. The standard InChI is InChI=1S/C5H8Cl2O3/c6-2-1-10-5(9)4(8)3(2)7/h2-5,8-9H,1H2/t2-,3-,4-,5-/m1/s1. The van der Waals surface area contributed by atoms with Gasteiger partial charge < -0.3 is 14.9 Å². The largest absolute Gasteiger partial charge is 0.386 e. The van der Waals surface area contributed by atoms with Gasteiger partial charge in [0.2, 0.25) is 0 Å². The highest BCUT2D eigenvalue weighted by Crippen LogP contribution is 2.22. The van der Waals surface area contributed by atoms with Gasteiger partial charge in [-0.25, -0.2) is 0 Å². The van der Waals surface area contributed by atoms with E-state index in [0.717, 1.165) is 0 Å². The van der Waals surface area contributed by atoms with Crippen molar-refractivity contribution in [3.8, 4) is 0 Å². The second kappa shape index (κ2) is 3.24. The van der Waals surface area contributed by atoms with Crippen LogP contribution in [0.1, 0.15) is 0 Å². The lowest BCUT2D eigenvalue weighted by Crippen LogP contribution is -2.48. The Kier molecular flexibility index (Phi) is 2.77. The highest BCUT2D eigenvalue weighted by molar-refractivity contribution is 6.30. The van der Waals surface area contributed by atoms with Crippen molar-refractivity contribution in [1.82, 2.24) is 0 Å². The van der Waals surface area contributed by atoms with Crippen LogP contribution in [0, 0.1) is 0 Å². The second-order valence-corrected chi connectivity index (χ2v) is 3.24. The van der Waals surface area contributed by atoms with Crippen molar-refractivity contribution < 1.29 is 14.9 Å². The molecule has 60 valence electrons. The van der Waals surface area contributed by atoms with Gasteiger partial charge in [-0.2, -0.15) is 0 Å². The number of ether oxygens (including phenoxy) is 1. The molecule has 5 heteroatoms. The van der Waals surface area contributed by atoms with Crippen LogP contribution in [0.4, 0.5) is 0 Å². The Labute approximate surface area is 68.5 Å². The molecule has 1 saturated heterocycles. The van der Waals surface area contributed by atoms with Gasteiger partial charge in [0, 0.05) is 0 Å². The van der Waals surface area contributed by atoms with E-state index in [0.29, 0.717) is 0 Å². The highest BCUT2D eigenvalue weighted by atomic mass is 35.5. The summed E-state index contributed by atoms with van der Waals surface area (Å²) in [6.45, 7) is 0.175. The van der Waals surface area contributed by atoms with E-state index in [2.05, 4.69) is 4.74 Å². The van der Waals surface area contributed by atoms with E-state index in [9.17, 15) is 0 Å². The zero-order valence-corrected chi connectivity index (χ0v) is 6.59. The first-order valence-corrected chi connectivity index (χ1v) is 3.76. The molecule has 0 radical (unpaired) electrons. The van der Waals surface area contributed by atoms with Gasteiger partial charge >= 0.3 is 0 Å². The molecule has 2 N–H and O–H groups in total. The van der Waals surface area contributed by atoms with Gasteiger partial charge in [-0.15, -0.1) is 23.2 Å². The summed E-state index contributed by atoms with van der Waals surface area (Å²) >= 11 is 11.2. The molecule has 1 fully saturated rings. The Bertz CT molecular complexity index is 107. The van der Waals surface area contributed by atoms with Gasteiger partial charge in [0.15, 0.2) is 6.29 Å². The third-order valence-electron chi connectivity index (χ3n) is 1.39. The van der Waals surface area contributed by atoms with Crippen molar-refractivity contribution in [2.75, 3.05) is 6.61 Å². The minimum absolute atomic E-state index is 0.175. The topological polar surface area (TPSA) is 49.7 Å². The summed E-state index contributed by atoms with van der Waals surface area (Å²) in [5.41, 5.74) is 0. The molecule has 0 unspecified atom stereocenters. The predicted molar refractivity (Wildman–Crippen MR) is 37.2 cm³/mol. The van der Waals surface area contributed by atoms with Crippen LogP contribution in [0.15, 0.2) is 0 Å². The maximum atomic E-state index is 9.03. The molecule has 1 aliphatic heterocycles. The Morgan fingerprint density at radius 3 is 2.40 bits per heavy atom. The molecule has 0 aromatic rings. The predicted octanol–water partition coefficient (Wildman–Crippen LogP) is -0.0893. The van der Waals surface area contributed by atoms with Crippen LogP contribution in [0.5, 0.6) is 0 Å². The molecule has 1 rings (SSSR count). The van der Waals surface area contributed by atoms with Gasteiger partial charge in [-0.05, 0) is 0 Å². The zero-order valence-electron chi connectivity index (χ0n) is 5.08. The SMILES string of the molecule is O[C@@H]1[C@H](Cl)[C@H](Cl)CO[C@H]1O. The first-order valence-electron chi connectivity index (χ1n) is 2.89. The minimum atomic E-state index is -1.20. The van der Waals surface area contributed by atoms with Crippen LogP contribution in [-0.4, -0.2) is 40.0 Å². The van der Waals surface area contributed by atoms with E-state index in [1.165, 1.54) is 0 Å². The van der Waals surface area contributed by atoms with Crippen LogP contribution in [-0.2, 0) is 4.74 Å². The normalized spacial score (nSPS) is 49.2. The van der Waals surface area contributed by atoms with Crippen LogP contribution >= 0.6 is 23.2 Å². The van der Waals surface area contributed by atoms with Gasteiger partial charge in [0.25, 0.3) is 0 Å². The lowest BCUT2D eigenvalue weighted by Gasteiger charge is -2.31. The summed E-state index contributed by atoms with van der Waals surface area (Å²) in [7, 11) is 0. The Morgan fingerprint density at radius 2 is 1.90 bits per heavy atom. The molecule has 0 aromatic carbocycles. The van der Waals surface area contributed by atoms with Crippen molar-refractivity contribution in [3.05, 3.63) is 0 Å². The fourth-order valence-electron chi connectivity index (χ4n) is 0.752. The van der Waals surface area contributed by atoms with Crippen molar-refractivity contribution >= 4 is 23.2 Å². The van der Waals surface area contributed by atoms with Gasteiger partial charge in [-0.3, -0.25) is 0 Å². The number of aliphatic hydroxyl groups is 2. The summed E-state index contributed by atoms with van der Waals surface area (Å²) in [6, 6.07) is 0. The smallest absolute Gasteiger partial charge is 0.182 e. The Hall–Kier alpha value is 0.460.